The van der Waals surface area contributed by atoms with Crippen LogP contribution in [0, 0.1) is 12.8 Å². The maximum atomic E-state index is 12.0. The first-order valence-corrected chi connectivity index (χ1v) is 11.2. The Hall–Kier alpha value is -1.55. The van der Waals surface area contributed by atoms with Crippen LogP contribution in [-0.4, -0.2) is 16.3 Å². The molecule has 0 radical (unpaired) electrons. The van der Waals surface area contributed by atoms with Gasteiger partial charge in [-0.2, -0.15) is 0 Å². The van der Waals surface area contributed by atoms with Crippen molar-refractivity contribution >= 4 is 11.1 Å². The van der Waals surface area contributed by atoms with Crippen molar-refractivity contribution in [3.8, 4) is 0 Å². The van der Waals surface area contributed by atoms with Gasteiger partial charge in [0.05, 0.1) is 5.52 Å². The van der Waals surface area contributed by atoms with Gasteiger partial charge < -0.3 is 9.52 Å². The molecule has 1 aliphatic carbocycles. The molecule has 4 heteroatoms. The molecule has 0 saturated heterocycles. The van der Waals surface area contributed by atoms with Gasteiger partial charge >= 0.3 is 5.76 Å². The van der Waals surface area contributed by atoms with E-state index in [-0.39, 0.29) is 18.4 Å². The van der Waals surface area contributed by atoms with Gasteiger partial charge in [-0.25, -0.2) is 4.79 Å². The number of aliphatic hydroxyl groups excluding tert-OH is 1. The molecule has 0 bridgehead atoms. The summed E-state index contributed by atoms with van der Waals surface area (Å²) < 4.78 is 7.18. The van der Waals surface area contributed by atoms with Crippen LogP contribution in [0.3, 0.4) is 0 Å². The summed E-state index contributed by atoms with van der Waals surface area (Å²) in [6.45, 7) is 10.6. The third-order valence-corrected chi connectivity index (χ3v) is 5.27. The van der Waals surface area contributed by atoms with Crippen molar-refractivity contribution in [2.45, 2.75) is 98.4 Å². The third-order valence-electron chi connectivity index (χ3n) is 5.27. The van der Waals surface area contributed by atoms with E-state index in [1.807, 2.05) is 29.7 Å². The molecule has 3 rings (SSSR count). The maximum absolute atomic E-state index is 12.0. The first-order valence-electron chi connectivity index (χ1n) is 11.2. The van der Waals surface area contributed by atoms with Crippen LogP contribution in [0.15, 0.2) is 27.4 Å². The molecule has 0 atom stereocenters. The zero-order valence-corrected chi connectivity index (χ0v) is 18.7. The predicted molar refractivity (Wildman–Crippen MR) is 119 cm³/mol. The molecule has 1 aliphatic rings. The lowest BCUT2D eigenvalue weighted by Crippen LogP contribution is -2.20. The van der Waals surface area contributed by atoms with E-state index in [1.165, 1.54) is 32.1 Å². The second-order valence-electron chi connectivity index (χ2n) is 8.00. The quantitative estimate of drug-likeness (QED) is 0.622. The summed E-state index contributed by atoms with van der Waals surface area (Å²) in [5, 5.41) is 7.57. The average Bonchev–Trinajstić information content (AvgIpc) is 2.98. The molecule has 1 aromatic carbocycles. The van der Waals surface area contributed by atoms with Crippen molar-refractivity contribution in [2.75, 3.05) is 6.61 Å². The van der Waals surface area contributed by atoms with Gasteiger partial charge in [-0.1, -0.05) is 71.8 Å². The van der Waals surface area contributed by atoms with Crippen molar-refractivity contribution in [1.29, 1.82) is 0 Å². The predicted octanol–water partition coefficient (Wildman–Crippen LogP) is 6.63. The summed E-state index contributed by atoms with van der Waals surface area (Å²) in [5.41, 5.74) is 2.79. The van der Waals surface area contributed by atoms with Crippen molar-refractivity contribution in [2.24, 2.45) is 5.92 Å². The Bertz CT molecular complexity index is 704. The Labute approximate surface area is 171 Å². The van der Waals surface area contributed by atoms with Crippen molar-refractivity contribution in [3.05, 3.63) is 34.3 Å². The van der Waals surface area contributed by atoms with Gasteiger partial charge in [0.15, 0.2) is 5.58 Å². The number of rotatable bonds is 5. The number of aromatic nitrogens is 1. The van der Waals surface area contributed by atoms with Crippen LogP contribution >= 0.6 is 0 Å². The minimum atomic E-state index is -0.220. The molecule has 1 saturated carbocycles. The molecule has 0 amide bonds. The Morgan fingerprint density at radius 3 is 2.14 bits per heavy atom. The lowest BCUT2D eigenvalue weighted by Gasteiger charge is -2.16. The highest BCUT2D eigenvalue weighted by Gasteiger charge is 2.17. The Morgan fingerprint density at radius 2 is 1.68 bits per heavy atom. The fraction of sp³-hybridized carbons (Fsp3) is 0.708. The van der Waals surface area contributed by atoms with Crippen LogP contribution in [-0.2, 0) is 0 Å². The van der Waals surface area contributed by atoms with Crippen molar-refractivity contribution < 1.29 is 9.52 Å². The Kier molecular flexibility index (Phi) is 11.9. The molecule has 1 aromatic heterocycles. The van der Waals surface area contributed by atoms with Gasteiger partial charge in [-0.15, -0.1) is 0 Å². The number of hydrogen-bond acceptors (Lipinski definition) is 3. The number of oxazole rings is 1. The fourth-order valence-corrected chi connectivity index (χ4v) is 3.87. The molecule has 0 unspecified atom stereocenters. The van der Waals surface area contributed by atoms with Gasteiger partial charge in [0.1, 0.15) is 0 Å². The number of fused-ring (bicyclic) bond motifs is 1. The molecule has 28 heavy (non-hydrogen) atoms. The smallest absolute Gasteiger partial charge is 0.408 e. The number of hydrogen-bond donors (Lipinski definition) is 1. The summed E-state index contributed by atoms with van der Waals surface area (Å²) in [5.74, 6) is 0.816. The molecule has 0 spiro atoms. The van der Waals surface area contributed by atoms with E-state index in [0.29, 0.717) is 5.58 Å². The zero-order chi connectivity index (χ0) is 20.9. The first kappa shape index (κ1) is 24.5. The topological polar surface area (TPSA) is 55.4 Å². The van der Waals surface area contributed by atoms with Gasteiger partial charge in [-0.05, 0) is 50.3 Å². The van der Waals surface area contributed by atoms with E-state index in [0.717, 1.165) is 42.7 Å². The standard InChI is InChI=1S/C15H21NO2.C7H14.C2H6O/c1-4-6-12(7-5-2)16-13-10-11(3)8-9-14(13)18-15(16)17;1-7-5-3-2-4-6-7;1-2-3/h8-10,12H,4-7H2,1-3H3;7H,2-6H2,1H3;3H,2H2,1H3. The summed E-state index contributed by atoms with van der Waals surface area (Å²) in [7, 11) is 0. The molecule has 4 nitrogen and oxygen atoms in total. The van der Waals surface area contributed by atoms with Crippen LogP contribution in [0.5, 0.6) is 0 Å². The number of nitrogens with zero attached hydrogens (tertiary/aromatic N) is 1. The van der Waals surface area contributed by atoms with Crippen LogP contribution in [0.2, 0.25) is 0 Å². The highest BCUT2D eigenvalue weighted by Crippen LogP contribution is 2.25. The highest BCUT2D eigenvalue weighted by atomic mass is 16.4. The van der Waals surface area contributed by atoms with E-state index in [9.17, 15) is 4.79 Å². The Morgan fingerprint density at radius 1 is 1.11 bits per heavy atom. The monoisotopic (exact) mass is 391 g/mol. The van der Waals surface area contributed by atoms with E-state index in [1.54, 1.807) is 6.92 Å². The number of benzene rings is 1. The van der Waals surface area contributed by atoms with E-state index in [2.05, 4.69) is 20.8 Å². The summed E-state index contributed by atoms with van der Waals surface area (Å²) in [6.07, 6.45) is 11.6. The number of aliphatic hydroxyl groups is 1. The van der Waals surface area contributed by atoms with Gasteiger partial charge in [0, 0.05) is 12.6 Å². The largest absolute Gasteiger partial charge is 0.420 e. The zero-order valence-electron chi connectivity index (χ0n) is 18.7. The molecule has 1 fully saturated rings. The minimum Gasteiger partial charge on any atom is -0.408 e. The van der Waals surface area contributed by atoms with E-state index < -0.39 is 0 Å². The maximum Gasteiger partial charge on any atom is 0.420 e. The third kappa shape index (κ3) is 7.83. The fourth-order valence-electron chi connectivity index (χ4n) is 3.87. The molecule has 2 aromatic rings. The molecular formula is C24H41NO3. The molecular weight excluding hydrogens is 350 g/mol. The van der Waals surface area contributed by atoms with Gasteiger partial charge in [0.2, 0.25) is 0 Å². The Balaban J connectivity index is 0.000000324. The minimum absolute atomic E-state index is 0.220. The van der Waals surface area contributed by atoms with E-state index >= 15 is 0 Å². The van der Waals surface area contributed by atoms with Crippen molar-refractivity contribution in [3.63, 3.8) is 0 Å². The highest BCUT2D eigenvalue weighted by molar-refractivity contribution is 5.73. The second-order valence-corrected chi connectivity index (χ2v) is 8.00. The molecule has 160 valence electrons. The summed E-state index contributed by atoms with van der Waals surface area (Å²) >= 11 is 0. The molecule has 1 N–H and O–H groups in total. The molecule has 1 heterocycles. The van der Waals surface area contributed by atoms with Crippen molar-refractivity contribution in [1.82, 2.24) is 4.57 Å². The van der Waals surface area contributed by atoms with Crippen LogP contribution in [0.1, 0.15) is 97.1 Å². The summed E-state index contributed by atoms with van der Waals surface area (Å²) in [6, 6.07) is 6.16. The van der Waals surface area contributed by atoms with Crippen LogP contribution in [0.4, 0.5) is 0 Å². The lowest BCUT2D eigenvalue weighted by atomic mass is 9.91. The van der Waals surface area contributed by atoms with E-state index in [4.69, 9.17) is 9.52 Å². The number of aryl methyl sites for hydroxylation is 1. The summed E-state index contributed by atoms with van der Waals surface area (Å²) in [4.78, 5) is 12.0. The molecule has 0 aliphatic heterocycles. The van der Waals surface area contributed by atoms with Crippen LogP contribution in [0.25, 0.3) is 11.1 Å². The lowest BCUT2D eigenvalue weighted by molar-refractivity contribution is 0.318. The second kappa shape index (κ2) is 13.6. The average molecular weight is 392 g/mol. The normalized spacial score (nSPS) is 14.4. The van der Waals surface area contributed by atoms with Gasteiger partial charge in [-0.3, -0.25) is 4.57 Å². The first-order chi connectivity index (χ1) is 13.5. The van der Waals surface area contributed by atoms with Crippen LogP contribution < -0.4 is 5.76 Å². The SMILES string of the molecule is CC1CCCCC1.CCCC(CCC)n1c(=O)oc2ccc(C)cc21.CCO. The van der Waals surface area contributed by atoms with Gasteiger partial charge in [0.25, 0.3) is 0 Å².